The molecule has 1 unspecified atom stereocenters. The van der Waals surface area contributed by atoms with E-state index >= 15 is 0 Å². The van der Waals surface area contributed by atoms with Crippen molar-refractivity contribution in [2.24, 2.45) is 11.7 Å². The summed E-state index contributed by atoms with van der Waals surface area (Å²) >= 11 is 1.94. The van der Waals surface area contributed by atoms with Crippen LogP contribution in [0.15, 0.2) is 12.1 Å². The van der Waals surface area contributed by atoms with Crippen LogP contribution in [0.25, 0.3) is 0 Å². The van der Waals surface area contributed by atoms with Gasteiger partial charge in [-0.2, -0.15) is 0 Å². The zero-order valence-electron chi connectivity index (χ0n) is 13.3. The van der Waals surface area contributed by atoms with Crippen molar-refractivity contribution in [3.05, 3.63) is 21.9 Å². The van der Waals surface area contributed by atoms with E-state index in [1.807, 2.05) is 11.3 Å². The standard InChI is InChI=1S/C17H30N2S/c1-4-13-6-8-14(9-7-13)19(3)16(12-18)17-11-10-15(5-2)20-17/h10-11,13-14,16H,4-9,12,18H2,1-3H3. The van der Waals surface area contributed by atoms with E-state index in [-0.39, 0.29) is 0 Å². The van der Waals surface area contributed by atoms with Crippen LogP contribution in [0.5, 0.6) is 0 Å². The average molecular weight is 295 g/mol. The molecule has 0 aliphatic heterocycles. The van der Waals surface area contributed by atoms with E-state index in [9.17, 15) is 0 Å². The topological polar surface area (TPSA) is 29.3 Å². The van der Waals surface area contributed by atoms with Crippen molar-refractivity contribution in [1.82, 2.24) is 4.90 Å². The number of nitrogens with two attached hydrogens (primary N) is 1. The van der Waals surface area contributed by atoms with E-state index in [4.69, 9.17) is 5.73 Å². The zero-order chi connectivity index (χ0) is 14.5. The Morgan fingerprint density at radius 2 is 1.95 bits per heavy atom. The number of hydrogen-bond donors (Lipinski definition) is 1. The first-order valence-corrected chi connectivity index (χ1v) is 9.01. The fraction of sp³-hybridized carbons (Fsp3) is 0.765. The summed E-state index contributed by atoms with van der Waals surface area (Å²) in [4.78, 5) is 5.47. The lowest BCUT2D eigenvalue weighted by Crippen LogP contribution is -2.40. The second-order valence-corrected chi connectivity index (χ2v) is 7.36. The van der Waals surface area contributed by atoms with E-state index in [1.54, 1.807) is 0 Å². The molecule has 1 atom stereocenters. The normalized spacial score (nSPS) is 25.1. The summed E-state index contributed by atoms with van der Waals surface area (Å²) in [7, 11) is 2.28. The van der Waals surface area contributed by atoms with Gasteiger partial charge in [0.25, 0.3) is 0 Å². The third kappa shape index (κ3) is 3.63. The summed E-state index contributed by atoms with van der Waals surface area (Å²) < 4.78 is 0. The molecule has 2 rings (SSSR count). The Balaban J connectivity index is 2.00. The molecular weight excluding hydrogens is 264 g/mol. The molecule has 0 bridgehead atoms. The lowest BCUT2D eigenvalue weighted by molar-refractivity contribution is 0.123. The zero-order valence-corrected chi connectivity index (χ0v) is 14.1. The number of likely N-dealkylation sites (N-methyl/N-ethyl adjacent to an activating group) is 1. The molecule has 1 aliphatic rings. The molecule has 0 spiro atoms. The largest absolute Gasteiger partial charge is 0.329 e. The smallest absolute Gasteiger partial charge is 0.0564 e. The maximum absolute atomic E-state index is 6.08. The first-order chi connectivity index (χ1) is 9.69. The summed E-state index contributed by atoms with van der Waals surface area (Å²) in [6, 6.07) is 5.68. The van der Waals surface area contributed by atoms with Crippen LogP contribution in [0.4, 0.5) is 0 Å². The van der Waals surface area contributed by atoms with Gasteiger partial charge < -0.3 is 5.73 Å². The highest BCUT2D eigenvalue weighted by atomic mass is 32.1. The lowest BCUT2D eigenvalue weighted by atomic mass is 9.83. The molecule has 3 heteroatoms. The van der Waals surface area contributed by atoms with Crippen LogP contribution in [-0.2, 0) is 6.42 Å². The summed E-state index contributed by atoms with van der Waals surface area (Å²) in [5.74, 6) is 0.962. The predicted molar refractivity (Wildman–Crippen MR) is 89.3 cm³/mol. The minimum atomic E-state index is 0.406. The molecule has 1 aromatic heterocycles. The van der Waals surface area contributed by atoms with Crippen molar-refractivity contribution in [2.45, 2.75) is 64.5 Å². The van der Waals surface area contributed by atoms with Crippen molar-refractivity contribution >= 4 is 11.3 Å². The van der Waals surface area contributed by atoms with Gasteiger partial charge in [0.15, 0.2) is 0 Å². The molecule has 1 saturated carbocycles. The van der Waals surface area contributed by atoms with Gasteiger partial charge in [0.2, 0.25) is 0 Å². The molecule has 1 fully saturated rings. The molecule has 0 amide bonds. The van der Waals surface area contributed by atoms with Gasteiger partial charge in [-0.05, 0) is 57.2 Å². The fourth-order valence-corrected chi connectivity index (χ4v) is 4.58. The minimum absolute atomic E-state index is 0.406. The second-order valence-electron chi connectivity index (χ2n) is 6.16. The average Bonchev–Trinajstić information content (AvgIpc) is 2.96. The van der Waals surface area contributed by atoms with E-state index in [0.717, 1.165) is 24.9 Å². The maximum Gasteiger partial charge on any atom is 0.0564 e. The SMILES string of the molecule is CCc1ccc(C(CN)N(C)C2CCC(CC)CC2)s1. The number of thiophene rings is 1. The summed E-state index contributed by atoms with van der Waals surface area (Å²) in [5, 5.41) is 0. The van der Waals surface area contributed by atoms with Gasteiger partial charge in [0.05, 0.1) is 6.04 Å². The van der Waals surface area contributed by atoms with Crippen molar-refractivity contribution in [2.75, 3.05) is 13.6 Å². The van der Waals surface area contributed by atoms with E-state index in [1.165, 1.54) is 41.9 Å². The minimum Gasteiger partial charge on any atom is -0.329 e. The highest BCUT2D eigenvalue weighted by molar-refractivity contribution is 7.12. The molecule has 2 nitrogen and oxygen atoms in total. The molecule has 2 N–H and O–H groups in total. The van der Waals surface area contributed by atoms with Crippen molar-refractivity contribution in [1.29, 1.82) is 0 Å². The Bertz CT molecular complexity index is 393. The molecule has 1 aromatic rings. The van der Waals surface area contributed by atoms with Gasteiger partial charge in [-0.15, -0.1) is 11.3 Å². The number of nitrogens with zero attached hydrogens (tertiary/aromatic N) is 1. The van der Waals surface area contributed by atoms with Gasteiger partial charge in [0.1, 0.15) is 0 Å². The summed E-state index contributed by atoms with van der Waals surface area (Å²) in [6.45, 7) is 5.28. The number of rotatable bonds is 6. The fourth-order valence-electron chi connectivity index (χ4n) is 3.46. The van der Waals surface area contributed by atoms with Gasteiger partial charge >= 0.3 is 0 Å². The quantitative estimate of drug-likeness (QED) is 0.851. The number of aryl methyl sites for hydroxylation is 1. The Hall–Kier alpha value is -0.380. The van der Waals surface area contributed by atoms with Crippen molar-refractivity contribution < 1.29 is 0 Å². The van der Waals surface area contributed by atoms with Crippen LogP contribution in [0, 0.1) is 5.92 Å². The highest BCUT2D eigenvalue weighted by Gasteiger charge is 2.28. The Kier molecular flexibility index (Phi) is 6.06. The maximum atomic E-state index is 6.08. The molecule has 0 radical (unpaired) electrons. The van der Waals surface area contributed by atoms with Crippen molar-refractivity contribution in [3.63, 3.8) is 0 Å². The third-order valence-corrected chi connectivity index (χ3v) is 6.37. The van der Waals surface area contributed by atoms with Gasteiger partial charge in [-0.1, -0.05) is 20.3 Å². The monoisotopic (exact) mass is 294 g/mol. The highest BCUT2D eigenvalue weighted by Crippen LogP contribution is 2.34. The lowest BCUT2D eigenvalue weighted by Gasteiger charge is -2.38. The predicted octanol–water partition coefficient (Wildman–Crippen LogP) is 4.21. The molecule has 1 aliphatic carbocycles. The van der Waals surface area contributed by atoms with Crippen LogP contribution < -0.4 is 5.73 Å². The molecular formula is C17H30N2S. The van der Waals surface area contributed by atoms with E-state index < -0.39 is 0 Å². The van der Waals surface area contributed by atoms with Gasteiger partial charge in [0, 0.05) is 22.3 Å². The van der Waals surface area contributed by atoms with Crippen LogP contribution >= 0.6 is 11.3 Å². The van der Waals surface area contributed by atoms with Crippen LogP contribution in [-0.4, -0.2) is 24.5 Å². The van der Waals surface area contributed by atoms with Crippen LogP contribution in [0.3, 0.4) is 0 Å². The summed E-state index contributed by atoms with van der Waals surface area (Å²) in [5.41, 5.74) is 6.08. The second kappa shape index (κ2) is 7.58. The molecule has 1 heterocycles. The molecule has 0 aromatic carbocycles. The summed E-state index contributed by atoms with van der Waals surface area (Å²) in [6.07, 6.45) is 7.96. The Morgan fingerprint density at radius 1 is 1.25 bits per heavy atom. The molecule has 20 heavy (non-hydrogen) atoms. The molecule has 0 saturated heterocycles. The van der Waals surface area contributed by atoms with Crippen LogP contribution in [0.1, 0.15) is 61.7 Å². The Morgan fingerprint density at radius 3 is 2.45 bits per heavy atom. The molecule has 114 valence electrons. The van der Waals surface area contributed by atoms with E-state index in [0.29, 0.717) is 6.04 Å². The first-order valence-electron chi connectivity index (χ1n) is 8.20. The first kappa shape index (κ1) is 16.0. The van der Waals surface area contributed by atoms with Gasteiger partial charge in [-0.25, -0.2) is 0 Å². The third-order valence-electron chi connectivity index (χ3n) is 5.04. The van der Waals surface area contributed by atoms with Gasteiger partial charge in [-0.3, -0.25) is 4.90 Å². The Labute approximate surface area is 128 Å². The van der Waals surface area contributed by atoms with Crippen molar-refractivity contribution in [3.8, 4) is 0 Å². The van der Waals surface area contributed by atoms with E-state index in [2.05, 4.69) is 37.9 Å². The van der Waals surface area contributed by atoms with Crippen LogP contribution in [0.2, 0.25) is 0 Å². The number of hydrogen-bond acceptors (Lipinski definition) is 3.